The Labute approximate surface area is 137 Å². The summed E-state index contributed by atoms with van der Waals surface area (Å²) in [6, 6.07) is 9.91. The molecule has 1 saturated heterocycles. The Balaban J connectivity index is 1.61. The number of nitrogens with one attached hydrogen (secondary N) is 1. The average Bonchev–Trinajstić information content (AvgIpc) is 2.61. The lowest BCUT2D eigenvalue weighted by Crippen LogP contribution is -2.30. The van der Waals surface area contributed by atoms with Gasteiger partial charge in [0.1, 0.15) is 18.0 Å². The van der Waals surface area contributed by atoms with Crippen molar-refractivity contribution in [2.45, 2.75) is 32.3 Å². The number of aryl methyl sites for hydroxylation is 1. The number of aromatic nitrogens is 2. The van der Waals surface area contributed by atoms with E-state index in [-0.39, 0.29) is 0 Å². The van der Waals surface area contributed by atoms with Gasteiger partial charge < -0.3 is 15.3 Å². The molecule has 1 fully saturated rings. The van der Waals surface area contributed by atoms with Gasteiger partial charge in [0.25, 0.3) is 0 Å². The summed E-state index contributed by atoms with van der Waals surface area (Å²) in [5.74, 6) is 1.72. The summed E-state index contributed by atoms with van der Waals surface area (Å²) < 4.78 is 0. The number of nitrogens with zero attached hydrogens (tertiary/aromatic N) is 3. The highest BCUT2D eigenvalue weighted by Gasteiger charge is 2.13. The van der Waals surface area contributed by atoms with E-state index in [4.69, 9.17) is 0 Å². The lowest BCUT2D eigenvalue weighted by atomic mass is 10.1. The minimum atomic E-state index is -0.552. The van der Waals surface area contributed by atoms with Crippen LogP contribution in [0.15, 0.2) is 36.7 Å². The Morgan fingerprint density at radius 2 is 2.00 bits per heavy atom. The molecular formula is C18H24N4O. The predicted molar refractivity (Wildman–Crippen MR) is 92.7 cm³/mol. The second kappa shape index (κ2) is 7.42. The molecular weight excluding hydrogens is 288 g/mol. The zero-order chi connectivity index (χ0) is 16.1. The molecule has 3 rings (SSSR count). The molecule has 23 heavy (non-hydrogen) atoms. The van der Waals surface area contributed by atoms with Crippen molar-refractivity contribution in [1.82, 2.24) is 9.97 Å². The fourth-order valence-corrected chi connectivity index (χ4v) is 2.94. The third-order valence-corrected chi connectivity index (χ3v) is 4.24. The monoisotopic (exact) mass is 312 g/mol. The maximum Gasteiger partial charge on any atom is 0.134 e. The third-order valence-electron chi connectivity index (χ3n) is 4.24. The molecule has 1 atom stereocenters. The van der Waals surface area contributed by atoms with Gasteiger partial charge in [0, 0.05) is 25.7 Å². The topological polar surface area (TPSA) is 61.3 Å². The van der Waals surface area contributed by atoms with Crippen LogP contribution in [0.1, 0.15) is 36.5 Å². The van der Waals surface area contributed by atoms with Gasteiger partial charge in [-0.15, -0.1) is 0 Å². The van der Waals surface area contributed by atoms with Crippen LogP contribution in [0.5, 0.6) is 0 Å². The molecule has 1 aliphatic heterocycles. The standard InChI is InChI=1S/C18H24N4O/c1-14-6-5-7-15(10-14)16(23)12-19-17-11-18(21-13-20-17)22-8-3-2-4-9-22/h5-7,10-11,13,16,23H,2-4,8-9,12H2,1H3,(H,19,20,21). The molecule has 0 amide bonds. The molecule has 0 saturated carbocycles. The highest BCUT2D eigenvalue weighted by atomic mass is 16.3. The smallest absolute Gasteiger partial charge is 0.134 e. The zero-order valence-electron chi connectivity index (χ0n) is 13.6. The summed E-state index contributed by atoms with van der Waals surface area (Å²) in [4.78, 5) is 10.9. The SMILES string of the molecule is Cc1cccc(C(O)CNc2cc(N3CCCCC3)ncn2)c1. The van der Waals surface area contributed by atoms with E-state index in [0.29, 0.717) is 6.54 Å². The molecule has 1 aliphatic rings. The van der Waals surface area contributed by atoms with Gasteiger partial charge >= 0.3 is 0 Å². The van der Waals surface area contributed by atoms with Crippen molar-refractivity contribution in [2.75, 3.05) is 29.9 Å². The Hall–Kier alpha value is -2.14. The first-order valence-corrected chi connectivity index (χ1v) is 8.28. The number of aliphatic hydroxyl groups excluding tert-OH is 1. The summed E-state index contributed by atoms with van der Waals surface area (Å²) in [6.07, 6.45) is 4.78. The summed E-state index contributed by atoms with van der Waals surface area (Å²) >= 11 is 0. The molecule has 1 aromatic carbocycles. The number of aliphatic hydroxyl groups is 1. The van der Waals surface area contributed by atoms with Crippen LogP contribution in [0.4, 0.5) is 11.6 Å². The van der Waals surface area contributed by atoms with E-state index in [9.17, 15) is 5.11 Å². The van der Waals surface area contributed by atoms with E-state index in [1.54, 1.807) is 6.33 Å². The molecule has 5 heteroatoms. The van der Waals surface area contributed by atoms with Gasteiger partial charge in [0.15, 0.2) is 0 Å². The Bertz CT molecular complexity index is 640. The second-order valence-corrected chi connectivity index (χ2v) is 6.12. The lowest BCUT2D eigenvalue weighted by molar-refractivity contribution is 0.191. The largest absolute Gasteiger partial charge is 0.387 e. The Morgan fingerprint density at radius 1 is 1.17 bits per heavy atom. The van der Waals surface area contributed by atoms with E-state index in [2.05, 4.69) is 20.2 Å². The summed E-state index contributed by atoms with van der Waals surface area (Å²) in [6.45, 7) is 4.57. The highest BCUT2D eigenvalue weighted by molar-refractivity contribution is 5.48. The van der Waals surface area contributed by atoms with Gasteiger partial charge in [-0.2, -0.15) is 0 Å². The van der Waals surface area contributed by atoms with Crippen molar-refractivity contribution in [2.24, 2.45) is 0 Å². The van der Waals surface area contributed by atoms with Crippen molar-refractivity contribution >= 4 is 11.6 Å². The van der Waals surface area contributed by atoms with Crippen LogP contribution in [0, 0.1) is 6.92 Å². The maximum atomic E-state index is 10.3. The van der Waals surface area contributed by atoms with Crippen molar-refractivity contribution in [1.29, 1.82) is 0 Å². The summed E-state index contributed by atoms with van der Waals surface area (Å²) in [5, 5.41) is 13.5. The van der Waals surface area contributed by atoms with Crippen LogP contribution < -0.4 is 10.2 Å². The lowest BCUT2D eigenvalue weighted by Gasteiger charge is -2.27. The van der Waals surface area contributed by atoms with Gasteiger partial charge in [-0.3, -0.25) is 0 Å². The Morgan fingerprint density at radius 3 is 2.78 bits per heavy atom. The van der Waals surface area contributed by atoms with Gasteiger partial charge in [0.2, 0.25) is 0 Å². The molecule has 5 nitrogen and oxygen atoms in total. The minimum Gasteiger partial charge on any atom is -0.387 e. The van der Waals surface area contributed by atoms with Crippen molar-refractivity contribution in [3.63, 3.8) is 0 Å². The normalized spacial score (nSPS) is 16.2. The van der Waals surface area contributed by atoms with E-state index >= 15 is 0 Å². The number of anilines is 2. The summed E-state index contributed by atoms with van der Waals surface area (Å²) in [5.41, 5.74) is 2.07. The molecule has 2 N–H and O–H groups in total. The van der Waals surface area contributed by atoms with E-state index in [1.807, 2.05) is 37.3 Å². The zero-order valence-corrected chi connectivity index (χ0v) is 13.6. The first kappa shape index (κ1) is 15.7. The highest BCUT2D eigenvalue weighted by Crippen LogP contribution is 2.20. The average molecular weight is 312 g/mol. The van der Waals surface area contributed by atoms with Gasteiger partial charge in [-0.25, -0.2) is 9.97 Å². The third kappa shape index (κ3) is 4.20. The van der Waals surface area contributed by atoms with Gasteiger partial charge in [-0.1, -0.05) is 29.8 Å². The molecule has 0 radical (unpaired) electrons. The van der Waals surface area contributed by atoms with Crippen LogP contribution in [0.25, 0.3) is 0 Å². The Kier molecular flexibility index (Phi) is 5.08. The minimum absolute atomic E-state index is 0.430. The van der Waals surface area contributed by atoms with Crippen LogP contribution in [-0.4, -0.2) is 34.7 Å². The summed E-state index contributed by atoms with van der Waals surface area (Å²) in [7, 11) is 0. The molecule has 0 aliphatic carbocycles. The van der Waals surface area contributed by atoms with Gasteiger partial charge in [0.05, 0.1) is 6.10 Å². The van der Waals surface area contributed by atoms with Crippen LogP contribution in [0.3, 0.4) is 0 Å². The maximum absolute atomic E-state index is 10.3. The van der Waals surface area contributed by atoms with Crippen LogP contribution in [-0.2, 0) is 0 Å². The number of rotatable bonds is 5. The van der Waals surface area contributed by atoms with E-state index < -0.39 is 6.10 Å². The fraction of sp³-hybridized carbons (Fsp3) is 0.444. The van der Waals surface area contributed by atoms with Crippen molar-refractivity contribution < 1.29 is 5.11 Å². The first-order valence-electron chi connectivity index (χ1n) is 8.28. The number of hydrogen-bond acceptors (Lipinski definition) is 5. The molecule has 122 valence electrons. The van der Waals surface area contributed by atoms with E-state index in [0.717, 1.165) is 35.9 Å². The van der Waals surface area contributed by atoms with Crippen LogP contribution in [0.2, 0.25) is 0 Å². The predicted octanol–water partition coefficient (Wildman–Crippen LogP) is 2.92. The number of piperidine rings is 1. The first-order chi connectivity index (χ1) is 11.2. The molecule has 1 aromatic heterocycles. The molecule has 2 aromatic rings. The fourth-order valence-electron chi connectivity index (χ4n) is 2.94. The molecule has 0 bridgehead atoms. The number of benzene rings is 1. The number of hydrogen-bond donors (Lipinski definition) is 2. The molecule has 2 heterocycles. The molecule has 1 unspecified atom stereocenters. The second-order valence-electron chi connectivity index (χ2n) is 6.12. The van der Waals surface area contributed by atoms with Crippen LogP contribution >= 0.6 is 0 Å². The van der Waals surface area contributed by atoms with Gasteiger partial charge in [-0.05, 0) is 31.7 Å². The van der Waals surface area contributed by atoms with Crippen molar-refractivity contribution in [3.05, 3.63) is 47.8 Å². The van der Waals surface area contributed by atoms with Crippen molar-refractivity contribution in [3.8, 4) is 0 Å². The quantitative estimate of drug-likeness (QED) is 0.889. The molecule has 0 spiro atoms. The van der Waals surface area contributed by atoms with E-state index in [1.165, 1.54) is 19.3 Å².